The number of nitrogens with zero attached hydrogens (tertiary/aromatic N) is 2. The molecule has 0 aliphatic heterocycles. The van der Waals surface area contributed by atoms with Crippen molar-refractivity contribution in [3.05, 3.63) is 36.3 Å². The number of hydrogen-bond acceptors (Lipinski definition) is 2. The van der Waals surface area contributed by atoms with Crippen LogP contribution in [0.3, 0.4) is 0 Å². The van der Waals surface area contributed by atoms with Crippen molar-refractivity contribution in [2.45, 2.75) is 39.8 Å². The van der Waals surface area contributed by atoms with Crippen molar-refractivity contribution < 1.29 is 0 Å². The summed E-state index contributed by atoms with van der Waals surface area (Å²) in [6.45, 7) is 7.49. The molecule has 2 aromatic rings. The van der Waals surface area contributed by atoms with Crippen LogP contribution >= 0.6 is 11.6 Å². The molecule has 1 N–H and O–H groups in total. The molecule has 4 heteroatoms. The Kier molecular flexibility index (Phi) is 4.48. The Labute approximate surface area is 120 Å². The molecule has 0 radical (unpaired) electrons. The number of nitrogens with one attached hydrogen (secondary N) is 1. The molecule has 1 unspecified atom stereocenters. The lowest BCUT2D eigenvalue weighted by Gasteiger charge is -2.31. The Morgan fingerprint density at radius 1 is 1.37 bits per heavy atom. The molecule has 0 fully saturated rings. The summed E-state index contributed by atoms with van der Waals surface area (Å²) in [5, 5.41) is 3.58. The second-order valence-corrected chi connectivity index (χ2v) is 6.35. The molecule has 0 aliphatic carbocycles. The fourth-order valence-electron chi connectivity index (χ4n) is 2.25. The number of aromatic nitrogens is 2. The van der Waals surface area contributed by atoms with Gasteiger partial charge >= 0.3 is 0 Å². The largest absolute Gasteiger partial charge is 0.308 e. The van der Waals surface area contributed by atoms with E-state index in [4.69, 9.17) is 11.6 Å². The lowest BCUT2D eigenvalue weighted by Crippen LogP contribution is -2.40. The number of alkyl halides is 1. The van der Waals surface area contributed by atoms with Crippen molar-refractivity contribution in [2.75, 3.05) is 5.88 Å². The molecule has 0 saturated carbocycles. The maximum atomic E-state index is 5.89. The summed E-state index contributed by atoms with van der Waals surface area (Å²) in [6, 6.07) is 6.43. The molecule has 104 valence electrons. The maximum absolute atomic E-state index is 5.89. The standard InChI is InChI=1S/C15H22ClN3/c1-15(2,3)13(7-8-16)17-10-12-11-19-9-5-4-6-14(19)18-12/h4-6,9,11,13,17H,7-8,10H2,1-3H3. The molecule has 0 bridgehead atoms. The van der Waals surface area contributed by atoms with Gasteiger partial charge in [0.15, 0.2) is 0 Å². The Morgan fingerprint density at radius 3 is 2.79 bits per heavy atom. The molecular weight excluding hydrogens is 258 g/mol. The van der Waals surface area contributed by atoms with E-state index < -0.39 is 0 Å². The third-order valence-electron chi connectivity index (χ3n) is 3.39. The lowest BCUT2D eigenvalue weighted by molar-refractivity contribution is 0.260. The van der Waals surface area contributed by atoms with Crippen LogP contribution in [-0.4, -0.2) is 21.3 Å². The van der Waals surface area contributed by atoms with E-state index in [1.165, 1.54) is 0 Å². The van der Waals surface area contributed by atoms with Gasteiger partial charge in [0.05, 0.1) is 5.69 Å². The molecule has 2 aromatic heterocycles. The Bertz CT molecular complexity index is 494. The second-order valence-electron chi connectivity index (χ2n) is 5.98. The van der Waals surface area contributed by atoms with Gasteiger partial charge in [0.2, 0.25) is 0 Å². The van der Waals surface area contributed by atoms with E-state index in [1.54, 1.807) is 0 Å². The van der Waals surface area contributed by atoms with Gasteiger partial charge in [0.1, 0.15) is 5.65 Å². The predicted octanol–water partition coefficient (Wildman–Crippen LogP) is 3.47. The first-order valence-corrected chi connectivity index (χ1v) is 7.26. The van der Waals surface area contributed by atoms with Gasteiger partial charge in [-0.2, -0.15) is 0 Å². The van der Waals surface area contributed by atoms with Crippen LogP contribution in [-0.2, 0) is 6.54 Å². The van der Waals surface area contributed by atoms with E-state index in [2.05, 4.69) is 37.3 Å². The van der Waals surface area contributed by atoms with Crippen molar-refractivity contribution in [3.8, 4) is 0 Å². The molecule has 0 spiro atoms. The summed E-state index contributed by atoms with van der Waals surface area (Å²) in [4.78, 5) is 4.59. The monoisotopic (exact) mass is 279 g/mol. The molecule has 0 aliphatic rings. The highest BCUT2D eigenvalue weighted by Gasteiger charge is 2.23. The van der Waals surface area contributed by atoms with E-state index in [-0.39, 0.29) is 5.41 Å². The molecule has 2 rings (SSSR count). The van der Waals surface area contributed by atoms with Gasteiger partial charge in [-0.25, -0.2) is 4.98 Å². The third kappa shape index (κ3) is 3.71. The van der Waals surface area contributed by atoms with Crippen LogP contribution in [0.4, 0.5) is 0 Å². The van der Waals surface area contributed by atoms with Crippen LogP contribution < -0.4 is 5.32 Å². The van der Waals surface area contributed by atoms with Crippen molar-refractivity contribution >= 4 is 17.2 Å². The number of rotatable bonds is 5. The van der Waals surface area contributed by atoms with Gasteiger partial charge in [-0.3, -0.25) is 0 Å². The number of pyridine rings is 1. The summed E-state index contributed by atoms with van der Waals surface area (Å²) in [5.74, 6) is 0.681. The lowest BCUT2D eigenvalue weighted by atomic mass is 9.85. The van der Waals surface area contributed by atoms with Crippen molar-refractivity contribution in [3.63, 3.8) is 0 Å². The second kappa shape index (κ2) is 5.93. The highest BCUT2D eigenvalue weighted by molar-refractivity contribution is 6.17. The van der Waals surface area contributed by atoms with Crippen molar-refractivity contribution in [1.82, 2.24) is 14.7 Å². The first-order valence-electron chi connectivity index (χ1n) is 6.72. The molecule has 2 heterocycles. The third-order valence-corrected chi connectivity index (χ3v) is 3.60. The van der Waals surface area contributed by atoms with Crippen LogP contribution in [0.5, 0.6) is 0 Å². The Morgan fingerprint density at radius 2 is 2.16 bits per heavy atom. The molecule has 1 atom stereocenters. The molecule has 0 saturated heterocycles. The summed E-state index contributed by atoms with van der Waals surface area (Å²) in [7, 11) is 0. The fraction of sp³-hybridized carbons (Fsp3) is 0.533. The van der Waals surface area contributed by atoms with Crippen molar-refractivity contribution in [2.24, 2.45) is 5.41 Å². The first kappa shape index (κ1) is 14.4. The smallest absolute Gasteiger partial charge is 0.137 e. The van der Waals surface area contributed by atoms with Crippen LogP contribution in [0.15, 0.2) is 30.6 Å². The summed E-state index contributed by atoms with van der Waals surface area (Å²) in [5.41, 5.74) is 2.26. The summed E-state index contributed by atoms with van der Waals surface area (Å²) < 4.78 is 2.05. The number of imidazole rings is 1. The minimum atomic E-state index is 0.202. The number of fused-ring (bicyclic) bond motifs is 1. The minimum Gasteiger partial charge on any atom is -0.308 e. The quantitative estimate of drug-likeness (QED) is 0.849. The first-order chi connectivity index (χ1) is 9.00. The van der Waals surface area contributed by atoms with E-state index >= 15 is 0 Å². The van der Waals surface area contributed by atoms with Gasteiger partial charge in [-0.1, -0.05) is 26.8 Å². The molecule has 0 amide bonds. The number of hydrogen-bond donors (Lipinski definition) is 1. The van der Waals surface area contributed by atoms with E-state index in [1.807, 2.05) is 28.8 Å². The zero-order valence-corrected chi connectivity index (χ0v) is 12.6. The van der Waals surface area contributed by atoms with Gasteiger partial charge in [-0.15, -0.1) is 11.6 Å². The minimum absolute atomic E-state index is 0.202. The van der Waals surface area contributed by atoms with Crippen LogP contribution in [0, 0.1) is 5.41 Å². The van der Waals surface area contributed by atoms with E-state index in [9.17, 15) is 0 Å². The Balaban J connectivity index is 2.04. The normalized spacial score (nSPS) is 13.9. The van der Waals surface area contributed by atoms with Crippen LogP contribution in [0.1, 0.15) is 32.9 Å². The van der Waals surface area contributed by atoms with Crippen LogP contribution in [0.2, 0.25) is 0 Å². The fourth-order valence-corrected chi connectivity index (χ4v) is 2.47. The molecular formula is C15H22ClN3. The average molecular weight is 280 g/mol. The molecule has 0 aromatic carbocycles. The van der Waals surface area contributed by atoms with Crippen LogP contribution in [0.25, 0.3) is 5.65 Å². The van der Waals surface area contributed by atoms with Crippen molar-refractivity contribution in [1.29, 1.82) is 0 Å². The number of halogens is 1. The maximum Gasteiger partial charge on any atom is 0.137 e. The van der Waals surface area contributed by atoms with Gasteiger partial charge in [0.25, 0.3) is 0 Å². The average Bonchev–Trinajstić information content (AvgIpc) is 2.75. The predicted molar refractivity (Wildman–Crippen MR) is 80.6 cm³/mol. The van der Waals surface area contributed by atoms with E-state index in [0.717, 1.165) is 24.3 Å². The highest BCUT2D eigenvalue weighted by atomic mass is 35.5. The van der Waals surface area contributed by atoms with Gasteiger partial charge < -0.3 is 9.72 Å². The zero-order chi connectivity index (χ0) is 13.9. The zero-order valence-electron chi connectivity index (χ0n) is 11.9. The SMILES string of the molecule is CC(C)(C)C(CCCl)NCc1cn2ccccc2n1. The summed E-state index contributed by atoms with van der Waals surface area (Å²) in [6.07, 6.45) is 5.06. The molecule has 3 nitrogen and oxygen atoms in total. The van der Waals surface area contributed by atoms with E-state index in [0.29, 0.717) is 11.9 Å². The topological polar surface area (TPSA) is 29.3 Å². The highest BCUT2D eigenvalue weighted by Crippen LogP contribution is 2.22. The summed E-state index contributed by atoms with van der Waals surface area (Å²) >= 11 is 5.89. The van der Waals surface area contributed by atoms with Gasteiger partial charge in [0, 0.05) is 30.9 Å². The molecule has 19 heavy (non-hydrogen) atoms. The van der Waals surface area contributed by atoms with Gasteiger partial charge in [-0.05, 0) is 24.0 Å². The Hall–Kier alpha value is -1.06.